The number of aliphatic hydroxyl groups excluding tert-OH is 2. The van der Waals surface area contributed by atoms with Crippen LogP contribution in [0.3, 0.4) is 0 Å². The Bertz CT molecular complexity index is 3160. The van der Waals surface area contributed by atoms with E-state index in [9.17, 15) is 10.2 Å². The van der Waals surface area contributed by atoms with Gasteiger partial charge in [0, 0.05) is 97.7 Å². The van der Waals surface area contributed by atoms with E-state index in [0.717, 1.165) is 125 Å². The molecule has 4 aliphatic rings. The van der Waals surface area contributed by atoms with Crippen molar-refractivity contribution in [1.82, 2.24) is 59.3 Å². The number of pyridine rings is 6. The van der Waals surface area contributed by atoms with Gasteiger partial charge >= 0.3 is 0 Å². The predicted molar refractivity (Wildman–Crippen MR) is 267 cm³/mol. The number of nitrogen functional groups attached to an aromatic ring is 2. The van der Waals surface area contributed by atoms with Crippen LogP contribution in [0.5, 0.6) is 0 Å². The summed E-state index contributed by atoms with van der Waals surface area (Å²) in [5.74, 6) is 2.22. The van der Waals surface area contributed by atoms with Crippen LogP contribution in [0, 0.1) is 13.8 Å². The van der Waals surface area contributed by atoms with Gasteiger partial charge in [-0.2, -0.15) is 10.2 Å². The van der Waals surface area contributed by atoms with Crippen LogP contribution in [0.25, 0.3) is 44.1 Å². The number of nitrogens with two attached hydrogens (primary N) is 2. The summed E-state index contributed by atoms with van der Waals surface area (Å²) in [6.07, 6.45) is 18.6. The lowest BCUT2D eigenvalue weighted by atomic mass is 10.00. The average molecular weight is 945 g/mol. The molecule has 12 heterocycles. The third kappa shape index (κ3) is 9.31. The van der Waals surface area contributed by atoms with Gasteiger partial charge in [-0.15, -0.1) is 0 Å². The normalized spacial score (nSPS) is 21.2. The highest BCUT2D eigenvalue weighted by atomic mass is 16.5. The number of likely N-dealkylation sites (tertiary alicyclic amines) is 2. The first-order valence-electron chi connectivity index (χ1n) is 23.7. The highest BCUT2D eigenvalue weighted by Gasteiger charge is 2.37. The van der Waals surface area contributed by atoms with E-state index in [1.54, 1.807) is 49.6 Å². The zero-order valence-electron chi connectivity index (χ0n) is 39.0. The number of aryl methyl sites for hydroxylation is 2. The predicted octanol–water partition coefficient (Wildman–Crippen LogP) is 5.06. The van der Waals surface area contributed by atoms with Crippen molar-refractivity contribution < 1.29 is 19.7 Å². The maximum Gasteiger partial charge on any atom is 0.133 e. The van der Waals surface area contributed by atoms with Gasteiger partial charge in [-0.3, -0.25) is 29.1 Å². The molecule has 4 fully saturated rings. The Balaban J connectivity index is 0.000000152. The number of fused-ring (bicyclic) bond motifs is 2. The highest BCUT2D eigenvalue weighted by molar-refractivity contribution is 5.96. The smallest absolute Gasteiger partial charge is 0.133 e. The monoisotopic (exact) mass is 944 g/mol. The summed E-state index contributed by atoms with van der Waals surface area (Å²) in [7, 11) is 0. The number of aliphatic hydroxyl groups is 2. The largest absolute Gasteiger partial charge is 0.391 e. The molecule has 0 spiro atoms. The van der Waals surface area contributed by atoms with Crippen molar-refractivity contribution in [3.8, 4) is 22.5 Å². The van der Waals surface area contributed by atoms with Crippen molar-refractivity contribution in [2.24, 2.45) is 0 Å². The van der Waals surface area contributed by atoms with Crippen molar-refractivity contribution in [2.45, 2.75) is 63.1 Å². The summed E-state index contributed by atoms with van der Waals surface area (Å²) in [4.78, 5) is 31.3. The van der Waals surface area contributed by atoms with Gasteiger partial charge in [-0.1, -0.05) is 0 Å². The minimum absolute atomic E-state index is 0.0523. The van der Waals surface area contributed by atoms with Crippen molar-refractivity contribution in [3.63, 3.8) is 0 Å². The maximum absolute atomic E-state index is 10.7. The molecule has 360 valence electrons. The molecule has 4 aliphatic heterocycles. The molecule has 0 radical (unpaired) electrons. The van der Waals surface area contributed by atoms with Gasteiger partial charge in [0.25, 0.3) is 0 Å². The average Bonchev–Trinajstić information content (AvgIpc) is 3.98. The number of nitrogens with zero attached hydrogens (tertiary/aromatic N) is 12. The van der Waals surface area contributed by atoms with Gasteiger partial charge < -0.3 is 41.8 Å². The molecule has 70 heavy (non-hydrogen) atoms. The summed E-state index contributed by atoms with van der Waals surface area (Å²) in [5.41, 5.74) is 19.7. The second-order valence-electron chi connectivity index (χ2n) is 18.6. The van der Waals surface area contributed by atoms with Crippen molar-refractivity contribution in [3.05, 3.63) is 109 Å². The lowest BCUT2D eigenvalue weighted by Gasteiger charge is -2.43. The zero-order valence-corrected chi connectivity index (χ0v) is 39.0. The van der Waals surface area contributed by atoms with Gasteiger partial charge in [0.15, 0.2) is 0 Å². The number of nitrogens with one attached hydrogen (secondary N) is 2. The molecule has 20 nitrogen and oxygen atoms in total. The molecule has 8 N–H and O–H groups in total. The number of aromatic nitrogens is 10. The van der Waals surface area contributed by atoms with Crippen LogP contribution >= 0.6 is 0 Å². The van der Waals surface area contributed by atoms with E-state index >= 15 is 0 Å². The Morgan fingerprint density at radius 3 is 1.59 bits per heavy atom. The van der Waals surface area contributed by atoms with Crippen LogP contribution in [0.1, 0.15) is 36.1 Å². The highest BCUT2D eigenvalue weighted by Crippen LogP contribution is 2.33. The Kier molecular flexibility index (Phi) is 12.5. The fraction of sp³-hybridized carbons (Fsp3) is 0.360. The zero-order chi connectivity index (χ0) is 47.9. The topological polar surface area (TPSA) is 254 Å². The number of ether oxygens (including phenoxy) is 2. The second-order valence-corrected chi connectivity index (χ2v) is 18.6. The van der Waals surface area contributed by atoms with E-state index < -0.39 is 12.2 Å². The third-order valence-corrected chi connectivity index (χ3v) is 14.0. The van der Waals surface area contributed by atoms with Crippen LogP contribution in [0.4, 0.5) is 34.6 Å². The molecular weight excluding hydrogens is 889 g/mol. The standard InChI is InChI=1S/2C25H28N8O2/c1-15-2-4-27-9-19(15)21-6-16-7-24(28-10-20(16)25(26)31-21)30-17-8-29-33(11-17)22-12-32(5-3-23(22)34)18-13-35-14-18;1-15-2-4-27-9-19(15)21-6-16-7-24(28-10-20(16)25(26)31-21)30-17-8-29-33(11-17)22-3-5-32(12-23(22)34)18-13-35-14-18/h2*2,4,6-11,18,22-23,34H,3,5,12-14H2,1H3,(H2,26,31)(H,28,30)/t2*22-,23-/m00/s1. The second kappa shape index (κ2) is 19.3. The molecule has 0 bridgehead atoms. The van der Waals surface area contributed by atoms with E-state index in [-0.39, 0.29) is 12.1 Å². The quantitative estimate of drug-likeness (QED) is 0.105. The number of rotatable bonds is 10. The third-order valence-electron chi connectivity index (χ3n) is 14.0. The molecule has 4 saturated heterocycles. The fourth-order valence-electron chi connectivity index (χ4n) is 9.68. The SMILES string of the molecule is Cc1ccncc1-c1cc2cc(Nc3cnn([C@H]4CCN(C5COC5)C[C@@H]4O)c3)ncc2c(N)n1.Cc1ccncc1-c1cc2cc(Nc3cnn([C@H]4CN(C5COC5)CC[C@@H]4O)c3)ncc2c(N)n1. The summed E-state index contributed by atoms with van der Waals surface area (Å²) < 4.78 is 14.3. The van der Waals surface area contributed by atoms with Crippen molar-refractivity contribution in [1.29, 1.82) is 0 Å². The number of hydrogen-bond donors (Lipinski definition) is 6. The number of piperidine rings is 2. The summed E-state index contributed by atoms with van der Waals surface area (Å²) in [6.45, 7) is 10.3. The molecule has 4 atom stereocenters. The maximum atomic E-state index is 10.7. The molecule has 8 aromatic rings. The first kappa shape index (κ1) is 45.3. The van der Waals surface area contributed by atoms with Crippen LogP contribution in [-0.4, -0.2) is 146 Å². The van der Waals surface area contributed by atoms with Crippen LogP contribution in [-0.2, 0) is 9.47 Å². The number of hydrogen-bond acceptors (Lipinski definition) is 18. The molecule has 12 rings (SSSR count). The van der Waals surface area contributed by atoms with Gasteiger partial charge in [0.05, 0.1) is 98.0 Å². The minimum Gasteiger partial charge on any atom is -0.391 e. The molecule has 0 aliphatic carbocycles. The van der Waals surface area contributed by atoms with Crippen LogP contribution in [0.15, 0.2) is 98.4 Å². The first-order valence-corrected chi connectivity index (χ1v) is 23.7. The Morgan fingerprint density at radius 1 is 0.600 bits per heavy atom. The number of β-amino-alcohol motifs (C(OH)–C–C–N with tert-alkyl or cyclic N) is 1. The van der Waals surface area contributed by atoms with E-state index in [2.05, 4.69) is 60.5 Å². The summed E-state index contributed by atoms with van der Waals surface area (Å²) in [5, 5.41) is 40.5. The van der Waals surface area contributed by atoms with Crippen LogP contribution in [0.2, 0.25) is 0 Å². The molecule has 0 saturated carbocycles. The molecule has 8 aromatic heterocycles. The Hall–Kier alpha value is -7.20. The number of anilines is 6. The van der Waals surface area contributed by atoms with Gasteiger partial charge in [-0.25, -0.2) is 19.9 Å². The van der Waals surface area contributed by atoms with Crippen molar-refractivity contribution >= 4 is 56.2 Å². The molecule has 0 unspecified atom stereocenters. The molecule has 0 aromatic carbocycles. The van der Waals surface area contributed by atoms with Gasteiger partial charge in [0.2, 0.25) is 0 Å². The Labute approximate surface area is 403 Å². The van der Waals surface area contributed by atoms with Gasteiger partial charge in [0.1, 0.15) is 23.3 Å². The molecule has 0 amide bonds. The van der Waals surface area contributed by atoms with E-state index in [0.29, 0.717) is 41.9 Å². The van der Waals surface area contributed by atoms with E-state index in [1.807, 2.05) is 72.0 Å². The summed E-state index contributed by atoms with van der Waals surface area (Å²) in [6, 6.07) is 12.6. The molecular formula is C50H56N16O4. The fourth-order valence-corrected chi connectivity index (χ4v) is 9.68. The molecule has 20 heteroatoms. The van der Waals surface area contributed by atoms with Gasteiger partial charge in [-0.05, 0) is 85.0 Å². The van der Waals surface area contributed by atoms with Crippen LogP contribution < -0.4 is 22.1 Å². The lowest BCUT2D eigenvalue weighted by Crippen LogP contribution is -2.55. The van der Waals surface area contributed by atoms with E-state index in [4.69, 9.17) is 20.9 Å². The summed E-state index contributed by atoms with van der Waals surface area (Å²) >= 11 is 0. The van der Waals surface area contributed by atoms with E-state index in [1.165, 1.54) is 0 Å². The Morgan fingerprint density at radius 2 is 1.10 bits per heavy atom. The lowest BCUT2D eigenvalue weighted by molar-refractivity contribution is -0.0945. The first-order chi connectivity index (χ1) is 34.1. The minimum atomic E-state index is -0.472. The van der Waals surface area contributed by atoms with Crippen molar-refractivity contribution in [2.75, 3.05) is 74.7 Å².